The molecule has 0 bridgehead atoms. The number of aromatic nitrogens is 3. The predicted molar refractivity (Wildman–Crippen MR) is 66.0 cm³/mol. The lowest BCUT2D eigenvalue weighted by Gasteiger charge is -2.16. The summed E-state index contributed by atoms with van der Waals surface area (Å²) in [6.07, 6.45) is 1.62. The molecule has 0 fully saturated rings. The van der Waals surface area contributed by atoms with Crippen LogP contribution in [0.2, 0.25) is 0 Å². The number of nitrogens with zero attached hydrogens (tertiary/aromatic N) is 3. The normalized spacial score (nSPS) is 12.6. The smallest absolute Gasteiger partial charge is 0.146 e. The lowest BCUT2D eigenvalue weighted by molar-refractivity contribution is 0.416. The van der Waals surface area contributed by atoms with E-state index in [2.05, 4.69) is 15.5 Å². The van der Waals surface area contributed by atoms with Crippen molar-refractivity contribution < 1.29 is 10.2 Å². The Morgan fingerprint density at radius 3 is 2.56 bits per heavy atom. The maximum absolute atomic E-state index is 9.74. The van der Waals surface area contributed by atoms with Gasteiger partial charge in [0.25, 0.3) is 0 Å². The number of aryl methyl sites for hydroxylation is 1. The molecule has 0 aliphatic heterocycles. The van der Waals surface area contributed by atoms with Gasteiger partial charge in [-0.3, -0.25) is 0 Å². The van der Waals surface area contributed by atoms with Gasteiger partial charge in [-0.05, 0) is 19.1 Å². The van der Waals surface area contributed by atoms with Crippen molar-refractivity contribution in [1.82, 2.24) is 20.1 Å². The summed E-state index contributed by atoms with van der Waals surface area (Å²) in [5.41, 5.74) is 0.486. The van der Waals surface area contributed by atoms with Crippen molar-refractivity contribution in [2.75, 3.05) is 0 Å². The van der Waals surface area contributed by atoms with Crippen LogP contribution in [0.1, 0.15) is 24.4 Å². The fourth-order valence-corrected chi connectivity index (χ4v) is 1.80. The van der Waals surface area contributed by atoms with Gasteiger partial charge in [0.2, 0.25) is 0 Å². The fraction of sp³-hybridized carbons (Fsp3) is 0.333. The van der Waals surface area contributed by atoms with E-state index < -0.39 is 0 Å². The van der Waals surface area contributed by atoms with Crippen LogP contribution in [0.3, 0.4) is 0 Å². The summed E-state index contributed by atoms with van der Waals surface area (Å²) < 4.78 is 1.81. The summed E-state index contributed by atoms with van der Waals surface area (Å²) in [4.78, 5) is 0. The first kappa shape index (κ1) is 12.4. The van der Waals surface area contributed by atoms with E-state index >= 15 is 0 Å². The van der Waals surface area contributed by atoms with Gasteiger partial charge in [-0.2, -0.15) is 0 Å². The molecule has 3 N–H and O–H groups in total. The van der Waals surface area contributed by atoms with E-state index in [9.17, 15) is 10.2 Å². The van der Waals surface area contributed by atoms with Gasteiger partial charge in [-0.25, -0.2) is 0 Å². The molecule has 1 atom stereocenters. The third-order valence-corrected chi connectivity index (χ3v) is 2.86. The molecule has 96 valence electrons. The molecule has 0 amide bonds. The third kappa shape index (κ3) is 2.43. The molecular weight excluding hydrogens is 232 g/mol. The maximum Gasteiger partial charge on any atom is 0.146 e. The standard InChI is InChI=1S/C12H16N4O2/c1-8(12-9(17)4-3-5-10(12)18)13-6-11-15-14-7-16(11)2/h3-5,7-8,13,17-18H,6H2,1-2H3. The first-order chi connectivity index (χ1) is 8.59. The van der Waals surface area contributed by atoms with Gasteiger partial charge in [0.1, 0.15) is 23.7 Å². The van der Waals surface area contributed by atoms with Crippen molar-refractivity contribution in [2.45, 2.75) is 19.5 Å². The SMILES string of the molecule is CC(NCc1nncn1C)c1c(O)cccc1O. The number of rotatable bonds is 4. The third-order valence-electron chi connectivity index (χ3n) is 2.86. The fourth-order valence-electron chi connectivity index (χ4n) is 1.80. The van der Waals surface area contributed by atoms with E-state index in [4.69, 9.17) is 0 Å². The highest BCUT2D eigenvalue weighted by Gasteiger charge is 2.15. The van der Waals surface area contributed by atoms with Crippen LogP contribution in [0.25, 0.3) is 0 Å². The van der Waals surface area contributed by atoms with Crippen molar-refractivity contribution in [1.29, 1.82) is 0 Å². The molecule has 2 aromatic rings. The largest absolute Gasteiger partial charge is 0.507 e. The second-order valence-electron chi connectivity index (χ2n) is 4.17. The van der Waals surface area contributed by atoms with Gasteiger partial charge >= 0.3 is 0 Å². The van der Waals surface area contributed by atoms with Gasteiger partial charge in [0, 0.05) is 13.1 Å². The monoisotopic (exact) mass is 248 g/mol. The van der Waals surface area contributed by atoms with Crippen molar-refractivity contribution in [3.63, 3.8) is 0 Å². The van der Waals surface area contributed by atoms with Gasteiger partial charge in [-0.15, -0.1) is 10.2 Å². The van der Waals surface area contributed by atoms with Crippen LogP contribution in [0, 0.1) is 0 Å². The number of phenols is 2. The zero-order chi connectivity index (χ0) is 13.1. The van der Waals surface area contributed by atoms with Crippen molar-refractivity contribution in [2.24, 2.45) is 7.05 Å². The average molecular weight is 248 g/mol. The Balaban J connectivity index is 2.08. The number of benzene rings is 1. The minimum absolute atomic E-state index is 0.0768. The van der Waals surface area contributed by atoms with Crippen LogP contribution >= 0.6 is 0 Å². The zero-order valence-corrected chi connectivity index (χ0v) is 10.3. The number of hydrogen-bond donors (Lipinski definition) is 3. The summed E-state index contributed by atoms with van der Waals surface area (Å²) in [6.45, 7) is 2.37. The predicted octanol–water partition coefficient (Wildman–Crippen LogP) is 1.08. The van der Waals surface area contributed by atoms with Gasteiger partial charge in [0.05, 0.1) is 12.1 Å². The van der Waals surface area contributed by atoms with E-state index in [1.807, 2.05) is 18.5 Å². The van der Waals surface area contributed by atoms with Crippen LogP contribution in [0.15, 0.2) is 24.5 Å². The molecule has 6 nitrogen and oxygen atoms in total. The molecule has 0 spiro atoms. The lowest BCUT2D eigenvalue weighted by atomic mass is 10.1. The summed E-state index contributed by atoms with van der Waals surface area (Å²) in [6, 6.07) is 4.51. The molecule has 0 radical (unpaired) electrons. The molecule has 0 saturated carbocycles. The average Bonchev–Trinajstić information content (AvgIpc) is 2.72. The molecule has 18 heavy (non-hydrogen) atoms. The summed E-state index contributed by atoms with van der Waals surface area (Å²) in [5.74, 6) is 0.942. The van der Waals surface area contributed by atoms with Crippen molar-refractivity contribution >= 4 is 0 Å². The Morgan fingerprint density at radius 2 is 2.00 bits per heavy atom. The van der Waals surface area contributed by atoms with E-state index in [1.165, 1.54) is 0 Å². The van der Waals surface area contributed by atoms with E-state index in [-0.39, 0.29) is 17.5 Å². The Morgan fingerprint density at radius 1 is 1.33 bits per heavy atom. The molecule has 6 heteroatoms. The molecule has 1 unspecified atom stereocenters. The summed E-state index contributed by atoms with van der Waals surface area (Å²) >= 11 is 0. The summed E-state index contributed by atoms with van der Waals surface area (Å²) in [5, 5.41) is 30.4. The number of hydrogen-bond acceptors (Lipinski definition) is 5. The topological polar surface area (TPSA) is 83.2 Å². The highest BCUT2D eigenvalue weighted by Crippen LogP contribution is 2.32. The highest BCUT2D eigenvalue weighted by molar-refractivity contribution is 5.44. The number of aromatic hydroxyl groups is 2. The second kappa shape index (κ2) is 5.05. The molecule has 0 aliphatic rings. The van der Waals surface area contributed by atoms with E-state index in [0.717, 1.165) is 5.82 Å². The van der Waals surface area contributed by atoms with Gasteiger partial charge < -0.3 is 20.1 Å². The summed E-state index contributed by atoms with van der Waals surface area (Å²) in [7, 11) is 1.86. The van der Waals surface area contributed by atoms with Crippen LogP contribution < -0.4 is 5.32 Å². The van der Waals surface area contributed by atoms with Crippen molar-refractivity contribution in [3.05, 3.63) is 35.9 Å². The Bertz CT molecular complexity index is 518. The Kier molecular flexibility index (Phi) is 3.47. The highest BCUT2D eigenvalue weighted by atomic mass is 16.3. The molecule has 0 aliphatic carbocycles. The first-order valence-corrected chi connectivity index (χ1v) is 5.66. The number of phenolic OH excluding ortho intramolecular Hbond substituents is 2. The van der Waals surface area contributed by atoms with Crippen LogP contribution in [-0.2, 0) is 13.6 Å². The van der Waals surface area contributed by atoms with Gasteiger partial charge in [-0.1, -0.05) is 6.07 Å². The number of nitrogens with one attached hydrogen (secondary N) is 1. The zero-order valence-electron chi connectivity index (χ0n) is 10.3. The molecular formula is C12H16N4O2. The van der Waals surface area contributed by atoms with Crippen molar-refractivity contribution in [3.8, 4) is 11.5 Å². The minimum Gasteiger partial charge on any atom is -0.507 e. The first-order valence-electron chi connectivity index (χ1n) is 5.66. The molecule has 1 heterocycles. The van der Waals surface area contributed by atoms with Crippen LogP contribution in [0.5, 0.6) is 11.5 Å². The quantitative estimate of drug-likeness (QED) is 0.754. The Hall–Kier alpha value is -2.08. The molecule has 1 aromatic heterocycles. The maximum atomic E-state index is 9.74. The lowest BCUT2D eigenvalue weighted by Crippen LogP contribution is -2.20. The van der Waals surface area contributed by atoms with Crippen LogP contribution in [0.4, 0.5) is 0 Å². The van der Waals surface area contributed by atoms with Gasteiger partial charge in [0.15, 0.2) is 0 Å². The van der Waals surface area contributed by atoms with Crippen LogP contribution in [-0.4, -0.2) is 25.0 Å². The molecule has 1 aromatic carbocycles. The minimum atomic E-state index is -0.192. The molecule has 0 saturated heterocycles. The van der Waals surface area contributed by atoms with E-state index in [1.54, 1.807) is 24.5 Å². The second-order valence-corrected chi connectivity index (χ2v) is 4.17. The molecule has 2 rings (SSSR count). The Labute approximate surface area is 105 Å². The van der Waals surface area contributed by atoms with E-state index in [0.29, 0.717) is 12.1 Å².